The number of hydrogen-bond donors (Lipinski definition) is 4. The first-order valence-corrected chi connectivity index (χ1v) is 14.9. The van der Waals surface area contributed by atoms with Crippen molar-refractivity contribution in [3.63, 3.8) is 0 Å². The van der Waals surface area contributed by atoms with Gasteiger partial charge in [0.1, 0.15) is 12.1 Å². The number of carbonyl (C=O) groups excluding carboxylic acids is 3. The lowest BCUT2D eigenvalue weighted by Gasteiger charge is -2.35. The minimum atomic E-state index is -0.814. The molecule has 0 spiro atoms. The van der Waals surface area contributed by atoms with Gasteiger partial charge in [0.25, 0.3) is 0 Å². The van der Waals surface area contributed by atoms with Crippen LogP contribution in [0.25, 0.3) is 10.4 Å². The normalized spacial score (nSPS) is 20.8. The topological polar surface area (TPSA) is 127 Å². The van der Waals surface area contributed by atoms with E-state index in [0.29, 0.717) is 19.5 Å². The highest BCUT2D eigenvalue weighted by Gasteiger charge is 2.44. The van der Waals surface area contributed by atoms with Crippen LogP contribution in [0.5, 0.6) is 0 Å². The molecular formula is C29H42N6O4S. The van der Waals surface area contributed by atoms with Gasteiger partial charge in [-0.25, -0.2) is 4.98 Å². The summed E-state index contributed by atoms with van der Waals surface area (Å²) in [5.74, 6) is -0.849. The molecule has 1 aromatic carbocycles. The van der Waals surface area contributed by atoms with E-state index in [1.54, 1.807) is 11.3 Å². The van der Waals surface area contributed by atoms with Gasteiger partial charge >= 0.3 is 0 Å². The predicted octanol–water partition coefficient (Wildman–Crippen LogP) is 1.52. The van der Waals surface area contributed by atoms with Crippen LogP contribution in [0.2, 0.25) is 0 Å². The largest absolute Gasteiger partial charge is 0.391 e. The van der Waals surface area contributed by atoms with Gasteiger partial charge in [0.05, 0.1) is 22.2 Å². The summed E-state index contributed by atoms with van der Waals surface area (Å²) >= 11 is 1.59. The molecule has 10 nitrogen and oxygen atoms in total. The summed E-state index contributed by atoms with van der Waals surface area (Å²) < 4.78 is 0. The number of β-amino-alcohol motifs (C(OH)–C–C–N with tert-alkyl or cyclic N) is 1. The Hall–Kier alpha value is -2.86. The number of rotatable bonds is 9. The molecule has 2 aromatic rings. The Morgan fingerprint density at radius 3 is 2.50 bits per heavy atom. The van der Waals surface area contributed by atoms with Gasteiger partial charge < -0.3 is 30.9 Å². The van der Waals surface area contributed by atoms with Crippen LogP contribution in [0, 0.1) is 12.3 Å². The summed E-state index contributed by atoms with van der Waals surface area (Å²) in [6.45, 7) is 12.3. The van der Waals surface area contributed by atoms with E-state index in [4.69, 9.17) is 0 Å². The van der Waals surface area contributed by atoms with Crippen molar-refractivity contribution in [1.29, 1.82) is 0 Å². The summed E-state index contributed by atoms with van der Waals surface area (Å²) in [6.07, 6.45) is -0.339. The van der Waals surface area contributed by atoms with Crippen molar-refractivity contribution in [2.75, 3.05) is 39.3 Å². The minimum Gasteiger partial charge on any atom is -0.391 e. The van der Waals surface area contributed by atoms with Crippen LogP contribution in [0.15, 0.2) is 29.8 Å². The van der Waals surface area contributed by atoms with Gasteiger partial charge in [0.15, 0.2) is 0 Å². The average molecular weight is 571 g/mol. The fourth-order valence-electron chi connectivity index (χ4n) is 5.21. The van der Waals surface area contributed by atoms with E-state index in [1.807, 2.05) is 57.5 Å². The van der Waals surface area contributed by atoms with Crippen molar-refractivity contribution in [3.05, 3.63) is 41.0 Å². The maximum absolute atomic E-state index is 13.7. The second kappa shape index (κ2) is 13.2. The average Bonchev–Trinajstić information content (AvgIpc) is 3.54. The molecule has 0 bridgehead atoms. The molecule has 4 N–H and O–H groups in total. The Morgan fingerprint density at radius 1 is 1.18 bits per heavy atom. The zero-order chi connectivity index (χ0) is 28.9. The standard InChI is InChI=1S/C29H42N6O4S/c1-19-25(40-18-32-19)21-7-5-20(6-8-21)16-31-27(38)23-15-22(36)17-35(23)28(39)26(29(2,3)4)33-24(37)9-12-34-13-10-30-11-14-34/h5-8,18,22-23,26,30,36H,9-17H2,1-4H3,(H,31,38)(H,33,37)/t22-,23+,26-/m1/s1. The highest BCUT2D eigenvalue weighted by Crippen LogP contribution is 2.28. The number of likely N-dealkylation sites (tertiary alicyclic amines) is 1. The lowest BCUT2D eigenvalue weighted by Crippen LogP contribution is -2.58. The molecule has 3 atom stereocenters. The zero-order valence-corrected chi connectivity index (χ0v) is 24.7. The number of aliphatic hydroxyl groups excluding tert-OH is 1. The van der Waals surface area contributed by atoms with Gasteiger partial charge in [0.2, 0.25) is 17.7 Å². The van der Waals surface area contributed by atoms with E-state index >= 15 is 0 Å². The second-order valence-corrected chi connectivity index (χ2v) is 12.6. The number of piperazine rings is 1. The molecule has 1 aromatic heterocycles. The highest BCUT2D eigenvalue weighted by atomic mass is 32.1. The van der Waals surface area contributed by atoms with Crippen molar-refractivity contribution in [2.24, 2.45) is 5.41 Å². The third-order valence-electron chi connectivity index (χ3n) is 7.58. The molecular weight excluding hydrogens is 528 g/mol. The van der Waals surface area contributed by atoms with Gasteiger partial charge in [-0.05, 0) is 23.5 Å². The van der Waals surface area contributed by atoms with Gasteiger partial charge in [-0.1, -0.05) is 45.0 Å². The molecule has 3 heterocycles. The van der Waals surface area contributed by atoms with Crippen LogP contribution in [0.1, 0.15) is 44.9 Å². The summed E-state index contributed by atoms with van der Waals surface area (Å²) in [4.78, 5) is 48.9. The molecule has 0 radical (unpaired) electrons. The molecule has 2 saturated heterocycles. The number of aromatic nitrogens is 1. The molecule has 0 aliphatic carbocycles. The maximum atomic E-state index is 13.7. The molecule has 0 saturated carbocycles. The van der Waals surface area contributed by atoms with E-state index < -0.39 is 23.6 Å². The molecule has 40 heavy (non-hydrogen) atoms. The number of nitrogens with zero attached hydrogens (tertiary/aromatic N) is 3. The fourth-order valence-corrected chi connectivity index (χ4v) is 6.02. The lowest BCUT2D eigenvalue weighted by molar-refractivity contribution is -0.144. The van der Waals surface area contributed by atoms with Crippen molar-refractivity contribution >= 4 is 29.1 Å². The first-order valence-electron chi connectivity index (χ1n) is 14.0. The molecule has 2 fully saturated rings. The third-order valence-corrected chi connectivity index (χ3v) is 8.55. The Bertz CT molecular complexity index is 1170. The Balaban J connectivity index is 1.36. The number of carbonyl (C=O) groups is 3. The third kappa shape index (κ3) is 7.66. The number of amides is 3. The van der Waals surface area contributed by atoms with Crippen molar-refractivity contribution in [3.8, 4) is 10.4 Å². The van der Waals surface area contributed by atoms with Crippen molar-refractivity contribution < 1.29 is 19.5 Å². The van der Waals surface area contributed by atoms with E-state index in [2.05, 4.69) is 25.8 Å². The molecule has 11 heteroatoms. The van der Waals surface area contributed by atoms with Crippen molar-refractivity contribution in [1.82, 2.24) is 30.7 Å². The van der Waals surface area contributed by atoms with Gasteiger partial charge in [-0.2, -0.15) is 0 Å². The van der Waals surface area contributed by atoms with E-state index in [9.17, 15) is 19.5 Å². The molecule has 0 unspecified atom stereocenters. The number of benzene rings is 1. The number of nitrogens with one attached hydrogen (secondary N) is 3. The lowest BCUT2D eigenvalue weighted by atomic mass is 9.85. The quantitative estimate of drug-likeness (QED) is 0.360. The van der Waals surface area contributed by atoms with Crippen LogP contribution >= 0.6 is 11.3 Å². The summed E-state index contributed by atoms with van der Waals surface area (Å²) in [5.41, 5.74) is 4.24. The Labute approximate surface area is 240 Å². The SMILES string of the molecule is Cc1ncsc1-c1ccc(CNC(=O)[C@@H]2C[C@@H](O)CN2C(=O)[C@@H](NC(=O)CCN2CCNCC2)C(C)(C)C)cc1. The molecule has 218 valence electrons. The van der Waals surface area contributed by atoms with Gasteiger partial charge in [-0.15, -0.1) is 11.3 Å². The first-order chi connectivity index (χ1) is 19.0. The monoisotopic (exact) mass is 570 g/mol. The van der Waals surface area contributed by atoms with E-state index in [0.717, 1.165) is 47.9 Å². The predicted molar refractivity (Wildman–Crippen MR) is 156 cm³/mol. The molecule has 2 aliphatic heterocycles. The molecule has 4 rings (SSSR count). The van der Waals surface area contributed by atoms with Crippen LogP contribution in [0.4, 0.5) is 0 Å². The smallest absolute Gasteiger partial charge is 0.246 e. The summed E-state index contributed by atoms with van der Waals surface area (Å²) in [7, 11) is 0. The number of aliphatic hydroxyl groups is 1. The molecule has 2 aliphatic rings. The summed E-state index contributed by atoms with van der Waals surface area (Å²) in [6, 6.07) is 6.33. The van der Waals surface area contributed by atoms with Crippen LogP contribution < -0.4 is 16.0 Å². The van der Waals surface area contributed by atoms with Gasteiger partial charge in [0, 0.05) is 58.7 Å². The maximum Gasteiger partial charge on any atom is 0.246 e. The minimum absolute atomic E-state index is 0.0586. The van der Waals surface area contributed by atoms with Gasteiger partial charge in [-0.3, -0.25) is 14.4 Å². The fraction of sp³-hybridized carbons (Fsp3) is 0.586. The zero-order valence-electron chi connectivity index (χ0n) is 23.9. The second-order valence-electron chi connectivity index (χ2n) is 11.8. The molecule has 3 amide bonds. The highest BCUT2D eigenvalue weighted by molar-refractivity contribution is 7.13. The Kier molecular flexibility index (Phi) is 9.94. The van der Waals surface area contributed by atoms with E-state index in [1.165, 1.54) is 4.90 Å². The van der Waals surface area contributed by atoms with Crippen LogP contribution in [-0.2, 0) is 20.9 Å². The van der Waals surface area contributed by atoms with Crippen LogP contribution in [-0.4, -0.2) is 95.1 Å². The van der Waals surface area contributed by atoms with E-state index in [-0.39, 0.29) is 30.7 Å². The number of aryl methyl sites for hydroxylation is 1. The van der Waals surface area contributed by atoms with Crippen molar-refractivity contribution in [2.45, 2.75) is 65.3 Å². The first kappa shape index (κ1) is 30.1. The summed E-state index contributed by atoms with van der Waals surface area (Å²) in [5, 5.41) is 19.6. The van der Waals surface area contributed by atoms with Crippen LogP contribution in [0.3, 0.4) is 0 Å². The number of thiazole rings is 1. The Morgan fingerprint density at radius 2 is 1.88 bits per heavy atom. The number of hydrogen-bond acceptors (Lipinski definition) is 8.